The van der Waals surface area contributed by atoms with E-state index in [-0.39, 0.29) is 23.5 Å². The molecule has 1 N–H and O–H groups in total. The van der Waals surface area contributed by atoms with Gasteiger partial charge in [-0.2, -0.15) is 0 Å². The fourth-order valence-electron chi connectivity index (χ4n) is 2.18. The molecule has 0 unspecified atom stereocenters. The highest BCUT2D eigenvalue weighted by Crippen LogP contribution is 2.22. The van der Waals surface area contributed by atoms with Crippen LogP contribution in [0.25, 0.3) is 0 Å². The van der Waals surface area contributed by atoms with E-state index in [1.165, 1.54) is 0 Å². The minimum absolute atomic E-state index is 0.00547. The highest BCUT2D eigenvalue weighted by atomic mass is 35.5. The summed E-state index contributed by atoms with van der Waals surface area (Å²) in [6.07, 6.45) is -0.241. The van der Waals surface area contributed by atoms with E-state index in [1.807, 2.05) is 6.92 Å². The molecule has 0 spiro atoms. The van der Waals surface area contributed by atoms with Crippen LogP contribution >= 0.6 is 11.6 Å². The van der Waals surface area contributed by atoms with Crippen molar-refractivity contribution in [2.24, 2.45) is 0 Å². The van der Waals surface area contributed by atoms with Gasteiger partial charge >= 0.3 is 0 Å². The standard InChI is InChI=1S/C14H18ClNO4S/c1-9-7-12(3-4-13(9)15)20-10(2)14(17)16-11-5-6-21(18,19)8-11/h3-4,7,10-11H,5-6,8H2,1-2H3,(H,16,17)/t10-,11-/m1/s1. The van der Waals surface area contributed by atoms with Crippen molar-refractivity contribution in [1.82, 2.24) is 5.32 Å². The number of carbonyl (C=O) groups is 1. The zero-order valence-electron chi connectivity index (χ0n) is 11.9. The van der Waals surface area contributed by atoms with E-state index in [1.54, 1.807) is 25.1 Å². The predicted octanol–water partition coefficient (Wildman–Crippen LogP) is 1.72. The monoisotopic (exact) mass is 331 g/mol. The first-order valence-corrected chi connectivity index (χ1v) is 8.90. The van der Waals surface area contributed by atoms with Gasteiger partial charge in [-0.05, 0) is 44.0 Å². The van der Waals surface area contributed by atoms with E-state index in [2.05, 4.69) is 5.32 Å². The first kappa shape index (κ1) is 16.1. The molecule has 0 aliphatic carbocycles. The van der Waals surface area contributed by atoms with Crippen molar-refractivity contribution in [3.8, 4) is 5.75 Å². The second-order valence-electron chi connectivity index (χ2n) is 5.28. The van der Waals surface area contributed by atoms with E-state index in [4.69, 9.17) is 16.3 Å². The maximum Gasteiger partial charge on any atom is 0.261 e. The van der Waals surface area contributed by atoms with Crippen molar-refractivity contribution < 1.29 is 17.9 Å². The van der Waals surface area contributed by atoms with Gasteiger partial charge in [-0.25, -0.2) is 8.42 Å². The molecule has 0 aromatic heterocycles. The molecule has 7 heteroatoms. The summed E-state index contributed by atoms with van der Waals surface area (Å²) < 4.78 is 28.3. The Hall–Kier alpha value is -1.27. The van der Waals surface area contributed by atoms with E-state index >= 15 is 0 Å². The lowest BCUT2D eigenvalue weighted by molar-refractivity contribution is -0.127. The van der Waals surface area contributed by atoms with Gasteiger partial charge in [0.2, 0.25) is 0 Å². The predicted molar refractivity (Wildman–Crippen MR) is 81.5 cm³/mol. The van der Waals surface area contributed by atoms with Crippen LogP contribution in [0.2, 0.25) is 5.02 Å². The van der Waals surface area contributed by atoms with Gasteiger partial charge in [-0.15, -0.1) is 0 Å². The Labute approximate surface area is 129 Å². The average molecular weight is 332 g/mol. The summed E-state index contributed by atoms with van der Waals surface area (Å²) in [4.78, 5) is 12.0. The van der Waals surface area contributed by atoms with Crippen molar-refractivity contribution in [2.75, 3.05) is 11.5 Å². The van der Waals surface area contributed by atoms with Crippen molar-refractivity contribution in [2.45, 2.75) is 32.4 Å². The van der Waals surface area contributed by atoms with Crippen molar-refractivity contribution >= 4 is 27.3 Å². The number of hydrogen-bond donors (Lipinski definition) is 1. The van der Waals surface area contributed by atoms with Crippen LogP contribution in [0, 0.1) is 6.92 Å². The number of benzene rings is 1. The van der Waals surface area contributed by atoms with Gasteiger partial charge < -0.3 is 10.1 Å². The van der Waals surface area contributed by atoms with E-state index < -0.39 is 15.9 Å². The van der Waals surface area contributed by atoms with Gasteiger partial charge in [0, 0.05) is 11.1 Å². The number of halogens is 1. The zero-order chi connectivity index (χ0) is 15.6. The topological polar surface area (TPSA) is 72.5 Å². The Bertz CT molecular complexity index is 644. The third-order valence-corrected chi connectivity index (χ3v) is 5.58. The van der Waals surface area contributed by atoms with E-state index in [0.717, 1.165) is 5.56 Å². The molecular formula is C14H18ClNO4S. The van der Waals surface area contributed by atoms with Gasteiger partial charge in [0.15, 0.2) is 15.9 Å². The summed E-state index contributed by atoms with van der Waals surface area (Å²) in [7, 11) is -3.01. The molecule has 0 radical (unpaired) electrons. The summed E-state index contributed by atoms with van der Waals surface area (Å²) in [5.41, 5.74) is 0.865. The first-order valence-electron chi connectivity index (χ1n) is 6.70. The van der Waals surface area contributed by atoms with Crippen LogP contribution in [-0.4, -0.2) is 38.0 Å². The SMILES string of the molecule is Cc1cc(O[C@H](C)C(=O)N[C@@H]2CCS(=O)(=O)C2)ccc1Cl. The maximum atomic E-state index is 12.0. The van der Waals surface area contributed by atoms with Gasteiger partial charge in [-0.3, -0.25) is 4.79 Å². The molecule has 21 heavy (non-hydrogen) atoms. The number of aryl methyl sites for hydroxylation is 1. The largest absolute Gasteiger partial charge is 0.481 e. The summed E-state index contributed by atoms with van der Waals surface area (Å²) in [6, 6.07) is 4.84. The van der Waals surface area contributed by atoms with Crippen LogP contribution < -0.4 is 10.1 Å². The van der Waals surface area contributed by atoms with Crippen LogP contribution in [-0.2, 0) is 14.6 Å². The minimum atomic E-state index is -3.01. The lowest BCUT2D eigenvalue weighted by Gasteiger charge is -2.17. The molecule has 1 aromatic rings. The van der Waals surface area contributed by atoms with Crippen LogP contribution in [0.4, 0.5) is 0 Å². The first-order chi connectivity index (χ1) is 9.77. The Morgan fingerprint density at radius 3 is 2.76 bits per heavy atom. The summed E-state index contributed by atoms with van der Waals surface area (Å²) >= 11 is 5.93. The summed E-state index contributed by atoms with van der Waals surface area (Å²) in [6.45, 7) is 3.48. The average Bonchev–Trinajstić information content (AvgIpc) is 2.73. The number of ether oxygens (including phenoxy) is 1. The number of nitrogens with one attached hydrogen (secondary N) is 1. The fraction of sp³-hybridized carbons (Fsp3) is 0.500. The Kier molecular flexibility index (Phi) is 4.78. The molecule has 0 saturated carbocycles. The molecule has 2 atom stereocenters. The molecule has 5 nitrogen and oxygen atoms in total. The number of rotatable bonds is 4. The Balaban J connectivity index is 1.92. The molecule has 1 heterocycles. The zero-order valence-corrected chi connectivity index (χ0v) is 13.5. The van der Waals surface area contributed by atoms with Crippen molar-refractivity contribution in [1.29, 1.82) is 0 Å². The molecule has 1 aliphatic rings. The molecule has 2 rings (SSSR count). The molecular weight excluding hydrogens is 314 g/mol. The second kappa shape index (κ2) is 6.23. The van der Waals surface area contributed by atoms with Gasteiger partial charge in [0.25, 0.3) is 5.91 Å². The molecule has 116 valence electrons. The molecule has 1 fully saturated rings. The second-order valence-corrected chi connectivity index (χ2v) is 7.92. The molecule has 1 aromatic carbocycles. The van der Waals surface area contributed by atoms with E-state index in [9.17, 15) is 13.2 Å². The highest BCUT2D eigenvalue weighted by Gasteiger charge is 2.30. The van der Waals surface area contributed by atoms with Crippen LogP contribution in [0.3, 0.4) is 0 Å². The van der Waals surface area contributed by atoms with Gasteiger partial charge in [0.1, 0.15) is 5.75 Å². The molecule has 0 bridgehead atoms. The number of carbonyl (C=O) groups excluding carboxylic acids is 1. The minimum Gasteiger partial charge on any atom is -0.481 e. The summed E-state index contributed by atoms with van der Waals surface area (Å²) in [5.74, 6) is 0.373. The fourth-order valence-corrected chi connectivity index (χ4v) is 3.97. The van der Waals surface area contributed by atoms with Crippen LogP contribution in [0.15, 0.2) is 18.2 Å². The Morgan fingerprint density at radius 1 is 1.48 bits per heavy atom. The van der Waals surface area contributed by atoms with Gasteiger partial charge in [0.05, 0.1) is 11.5 Å². The third kappa shape index (κ3) is 4.35. The molecule has 1 amide bonds. The lowest BCUT2D eigenvalue weighted by Crippen LogP contribution is -2.43. The van der Waals surface area contributed by atoms with Crippen molar-refractivity contribution in [3.05, 3.63) is 28.8 Å². The number of amides is 1. The van der Waals surface area contributed by atoms with E-state index in [0.29, 0.717) is 17.2 Å². The van der Waals surface area contributed by atoms with Crippen molar-refractivity contribution in [3.63, 3.8) is 0 Å². The molecule has 1 aliphatic heterocycles. The Morgan fingerprint density at radius 2 is 2.19 bits per heavy atom. The normalized spacial score (nSPS) is 21.8. The quantitative estimate of drug-likeness (QED) is 0.911. The van der Waals surface area contributed by atoms with Crippen LogP contribution in [0.1, 0.15) is 18.9 Å². The highest BCUT2D eigenvalue weighted by molar-refractivity contribution is 7.91. The number of hydrogen-bond acceptors (Lipinski definition) is 4. The lowest BCUT2D eigenvalue weighted by atomic mass is 10.2. The van der Waals surface area contributed by atoms with Gasteiger partial charge in [-0.1, -0.05) is 11.6 Å². The summed E-state index contributed by atoms with van der Waals surface area (Å²) in [5, 5.41) is 3.35. The van der Waals surface area contributed by atoms with Crippen LogP contribution in [0.5, 0.6) is 5.75 Å². The smallest absolute Gasteiger partial charge is 0.261 e. The third-order valence-electron chi connectivity index (χ3n) is 3.39. The maximum absolute atomic E-state index is 12.0. The number of sulfone groups is 1. The molecule has 1 saturated heterocycles.